The first kappa shape index (κ1) is 13.4. The van der Waals surface area contributed by atoms with Gasteiger partial charge in [-0.15, -0.1) is 0 Å². The maximum atomic E-state index is 5.87. The molecule has 0 bridgehead atoms. The van der Waals surface area contributed by atoms with Crippen molar-refractivity contribution in [3.63, 3.8) is 0 Å². The molecule has 1 aliphatic rings. The number of nitrogens with one attached hydrogen (secondary N) is 1. The Morgan fingerprint density at radius 1 is 1.28 bits per heavy atom. The molecule has 2 heteroatoms. The second-order valence-electron chi connectivity index (χ2n) is 5.42. The lowest BCUT2D eigenvalue weighted by Crippen LogP contribution is -2.33. The molecule has 0 amide bonds. The molecule has 1 aromatic rings. The van der Waals surface area contributed by atoms with Crippen LogP contribution < -0.4 is 10.1 Å². The summed E-state index contributed by atoms with van der Waals surface area (Å²) in [5, 5.41) is 3.35. The Labute approximate surface area is 111 Å². The Hall–Kier alpha value is -1.02. The second-order valence-corrected chi connectivity index (χ2v) is 5.42. The van der Waals surface area contributed by atoms with Crippen LogP contribution in [0.5, 0.6) is 5.75 Å². The molecule has 0 aliphatic heterocycles. The number of ether oxygens (including phenoxy) is 1. The van der Waals surface area contributed by atoms with Gasteiger partial charge in [-0.2, -0.15) is 0 Å². The second kappa shape index (κ2) is 6.24. The maximum Gasteiger partial charge on any atom is 0.119 e. The Morgan fingerprint density at radius 3 is 2.44 bits per heavy atom. The van der Waals surface area contributed by atoms with Crippen molar-refractivity contribution in [3.05, 3.63) is 29.8 Å². The molecule has 2 rings (SSSR count). The monoisotopic (exact) mass is 247 g/mol. The highest BCUT2D eigenvalue weighted by Gasteiger charge is 2.30. The van der Waals surface area contributed by atoms with Crippen LogP contribution in [-0.4, -0.2) is 19.7 Å². The quantitative estimate of drug-likeness (QED) is 0.795. The van der Waals surface area contributed by atoms with Crippen molar-refractivity contribution in [2.45, 2.75) is 45.1 Å². The van der Waals surface area contributed by atoms with Gasteiger partial charge in [0.1, 0.15) is 12.4 Å². The number of benzene rings is 1. The van der Waals surface area contributed by atoms with Crippen LogP contribution in [0.3, 0.4) is 0 Å². The molecule has 2 unspecified atom stereocenters. The molecule has 1 aliphatic carbocycles. The van der Waals surface area contributed by atoms with Crippen molar-refractivity contribution in [1.29, 1.82) is 0 Å². The van der Waals surface area contributed by atoms with Gasteiger partial charge >= 0.3 is 0 Å². The van der Waals surface area contributed by atoms with E-state index in [0.29, 0.717) is 12.0 Å². The van der Waals surface area contributed by atoms with Crippen molar-refractivity contribution in [2.24, 2.45) is 5.92 Å². The van der Waals surface area contributed by atoms with Gasteiger partial charge in [0.15, 0.2) is 0 Å². The normalized spacial score (nSPS) is 18.4. The highest BCUT2D eigenvalue weighted by atomic mass is 16.5. The highest BCUT2D eigenvalue weighted by molar-refractivity contribution is 5.29. The fourth-order valence-corrected chi connectivity index (χ4v) is 2.27. The summed E-state index contributed by atoms with van der Waals surface area (Å²) in [7, 11) is 2.03. The molecule has 1 N–H and O–H groups in total. The van der Waals surface area contributed by atoms with E-state index in [0.717, 1.165) is 18.3 Å². The van der Waals surface area contributed by atoms with Crippen LogP contribution >= 0.6 is 0 Å². The zero-order valence-corrected chi connectivity index (χ0v) is 11.8. The van der Waals surface area contributed by atoms with Gasteiger partial charge < -0.3 is 10.1 Å². The lowest BCUT2D eigenvalue weighted by molar-refractivity contribution is 0.256. The third kappa shape index (κ3) is 3.49. The van der Waals surface area contributed by atoms with Crippen LogP contribution in [0, 0.1) is 5.92 Å². The molecule has 0 heterocycles. The van der Waals surface area contributed by atoms with E-state index in [1.54, 1.807) is 0 Å². The van der Waals surface area contributed by atoms with Crippen LogP contribution in [0.1, 0.15) is 44.6 Å². The summed E-state index contributed by atoms with van der Waals surface area (Å²) < 4.78 is 5.87. The van der Waals surface area contributed by atoms with Gasteiger partial charge in [0.2, 0.25) is 0 Å². The first-order valence-electron chi connectivity index (χ1n) is 7.14. The lowest BCUT2D eigenvalue weighted by atomic mass is 9.99. The molecule has 1 fully saturated rings. The minimum absolute atomic E-state index is 0.513. The fourth-order valence-electron chi connectivity index (χ4n) is 2.27. The minimum atomic E-state index is 0.513. The summed E-state index contributed by atoms with van der Waals surface area (Å²) in [6, 6.07) is 9.09. The first-order valence-corrected chi connectivity index (χ1v) is 7.14. The van der Waals surface area contributed by atoms with E-state index >= 15 is 0 Å². The van der Waals surface area contributed by atoms with Crippen molar-refractivity contribution < 1.29 is 4.74 Å². The van der Waals surface area contributed by atoms with E-state index in [1.165, 1.54) is 24.8 Å². The molecule has 1 saturated carbocycles. The van der Waals surface area contributed by atoms with Crippen molar-refractivity contribution in [2.75, 3.05) is 13.7 Å². The van der Waals surface area contributed by atoms with E-state index in [2.05, 4.69) is 43.4 Å². The number of rotatable bonds is 7. The Kier molecular flexibility index (Phi) is 4.65. The molecular weight excluding hydrogens is 222 g/mol. The van der Waals surface area contributed by atoms with Crippen LogP contribution in [0.15, 0.2) is 24.3 Å². The van der Waals surface area contributed by atoms with E-state index in [1.807, 2.05) is 7.05 Å². The van der Waals surface area contributed by atoms with Gasteiger partial charge in [-0.05, 0) is 55.8 Å². The van der Waals surface area contributed by atoms with E-state index in [9.17, 15) is 0 Å². The van der Waals surface area contributed by atoms with Gasteiger partial charge in [-0.25, -0.2) is 0 Å². The summed E-state index contributed by atoms with van der Waals surface area (Å²) in [6.45, 7) is 5.27. The minimum Gasteiger partial charge on any atom is -0.492 e. The number of hydrogen-bond acceptors (Lipinski definition) is 2. The molecule has 0 aromatic heterocycles. The van der Waals surface area contributed by atoms with Crippen LogP contribution in [0.2, 0.25) is 0 Å². The van der Waals surface area contributed by atoms with E-state index in [4.69, 9.17) is 4.74 Å². The zero-order chi connectivity index (χ0) is 13.0. The molecule has 0 saturated heterocycles. The third-order valence-corrected chi connectivity index (χ3v) is 4.05. The third-order valence-electron chi connectivity index (χ3n) is 4.05. The SMILES string of the molecule is CCC(C)c1ccc(OCC(NC)C2CC2)cc1. The summed E-state index contributed by atoms with van der Waals surface area (Å²) in [4.78, 5) is 0. The fraction of sp³-hybridized carbons (Fsp3) is 0.625. The van der Waals surface area contributed by atoms with Crippen molar-refractivity contribution in [1.82, 2.24) is 5.32 Å². The number of hydrogen-bond donors (Lipinski definition) is 1. The predicted molar refractivity (Wildman–Crippen MR) is 76.2 cm³/mol. The smallest absolute Gasteiger partial charge is 0.119 e. The Balaban J connectivity index is 1.85. The summed E-state index contributed by atoms with van der Waals surface area (Å²) in [5.41, 5.74) is 1.40. The first-order chi connectivity index (χ1) is 8.74. The van der Waals surface area contributed by atoms with Gasteiger partial charge in [0.05, 0.1) is 0 Å². The molecular formula is C16H25NO. The van der Waals surface area contributed by atoms with E-state index in [-0.39, 0.29) is 0 Å². The van der Waals surface area contributed by atoms with Gasteiger partial charge in [0.25, 0.3) is 0 Å². The van der Waals surface area contributed by atoms with Crippen LogP contribution in [0.25, 0.3) is 0 Å². The molecule has 2 atom stereocenters. The lowest BCUT2D eigenvalue weighted by Gasteiger charge is -2.16. The predicted octanol–water partition coefficient (Wildman–Crippen LogP) is 3.58. The molecule has 18 heavy (non-hydrogen) atoms. The average molecular weight is 247 g/mol. The largest absolute Gasteiger partial charge is 0.492 e. The van der Waals surface area contributed by atoms with E-state index < -0.39 is 0 Å². The summed E-state index contributed by atoms with van der Waals surface area (Å²) in [6.07, 6.45) is 3.88. The Bertz CT molecular complexity index is 356. The van der Waals surface area contributed by atoms with Crippen molar-refractivity contribution in [3.8, 4) is 5.75 Å². The van der Waals surface area contributed by atoms with Crippen molar-refractivity contribution >= 4 is 0 Å². The highest BCUT2D eigenvalue weighted by Crippen LogP contribution is 2.32. The molecule has 100 valence electrons. The van der Waals surface area contributed by atoms with Gasteiger partial charge in [-0.1, -0.05) is 26.0 Å². The topological polar surface area (TPSA) is 21.3 Å². The standard InChI is InChI=1S/C16H25NO/c1-4-12(2)13-7-9-15(10-8-13)18-11-16(17-3)14-5-6-14/h7-10,12,14,16-17H,4-6,11H2,1-3H3. The van der Waals surface area contributed by atoms with Gasteiger partial charge in [0, 0.05) is 6.04 Å². The number of likely N-dealkylation sites (N-methyl/N-ethyl adjacent to an activating group) is 1. The summed E-state index contributed by atoms with van der Waals surface area (Å²) >= 11 is 0. The summed E-state index contributed by atoms with van der Waals surface area (Å²) in [5.74, 6) is 2.45. The maximum absolute atomic E-state index is 5.87. The molecule has 1 aromatic carbocycles. The van der Waals surface area contributed by atoms with Crippen LogP contribution in [-0.2, 0) is 0 Å². The van der Waals surface area contributed by atoms with Crippen LogP contribution in [0.4, 0.5) is 0 Å². The average Bonchev–Trinajstić information content (AvgIpc) is 3.24. The zero-order valence-electron chi connectivity index (χ0n) is 11.8. The molecule has 0 spiro atoms. The van der Waals surface area contributed by atoms with Gasteiger partial charge in [-0.3, -0.25) is 0 Å². The molecule has 2 nitrogen and oxygen atoms in total. The molecule has 0 radical (unpaired) electrons. The Morgan fingerprint density at radius 2 is 1.94 bits per heavy atom.